The van der Waals surface area contributed by atoms with Crippen LogP contribution in [0.25, 0.3) is 10.9 Å². The second kappa shape index (κ2) is 5.31. The van der Waals surface area contributed by atoms with Gasteiger partial charge in [0.2, 0.25) is 0 Å². The van der Waals surface area contributed by atoms with Crippen LogP contribution in [0.5, 0.6) is 0 Å². The van der Waals surface area contributed by atoms with Crippen molar-refractivity contribution in [2.45, 2.75) is 31.9 Å². The number of hydrogen-bond acceptors (Lipinski definition) is 2. The topological polar surface area (TPSA) is 40.2 Å². The Bertz CT molecular complexity index is 599. The van der Waals surface area contributed by atoms with Crippen LogP contribution in [-0.2, 0) is 11.3 Å². The summed E-state index contributed by atoms with van der Waals surface area (Å²) in [6.07, 6.45) is 6.01. The van der Waals surface area contributed by atoms with Crippen molar-refractivity contribution in [3.05, 3.63) is 36.0 Å². The zero-order valence-corrected chi connectivity index (χ0v) is 11.7. The zero-order valence-electron chi connectivity index (χ0n) is 10.8. The van der Waals surface area contributed by atoms with Crippen molar-refractivity contribution >= 4 is 28.1 Å². The van der Waals surface area contributed by atoms with Crippen LogP contribution in [0.15, 0.2) is 30.5 Å². The number of thiocarbonyl (C=S) groups is 1. The molecule has 0 spiro atoms. The van der Waals surface area contributed by atoms with Crippen molar-refractivity contribution in [3.8, 4) is 0 Å². The molecule has 2 heterocycles. The number of aryl methyl sites for hydroxylation is 1. The van der Waals surface area contributed by atoms with E-state index in [-0.39, 0.29) is 0 Å². The SMILES string of the molecule is NC(=S)c1ccc2ccn(CCC3CCCO3)c2c1. The highest BCUT2D eigenvalue weighted by Gasteiger charge is 2.15. The van der Waals surface area contributed by atoms with E-state index in [1.807, 2.05) is 6.07 Å². The lowest BCUT2D eigenvalue weighted by Gasteiger charge is -2.11. The molecule has 3 nitrogen and oxygen atoms in total. The summed E-state index contributed by atoms with van der Waals surface area (Å²) >= 11 is 5.04. The Labute approximate surface area is 118 Å². The van der Waals surface area contributed by atoms with Gasteiger partial charge in [0.25, 0.3) is 0 Å². The number of hydrogen-bond donors (Lipinski definition) is 1. The highest BCUT2D eigenvalue weighted by molar-refractivity contribution is 7.80. The predicted molar refractivity (Wildman–Crippen MR) is 81.4 cm³/mol. The van der Waals surface area contributed by atoms with Crippen molar-refractivity contribution in [1.82, 2.24) is 4.57 Å². The lowest BCUT2D eigenvalue weighted by molar-refractivity contribution is 0.101. The Kier molecular flexibility index (Phi) is 3.53. The van der Waals surface area contributed by atoms with Gasteiger partial charge in [0.05, 0.1) is 6.10 Å². The van der Waals surface area contributed by atoms with Gasteiger partial charge in [-0.1, -0.05) is 24.4 Å². The van der Waals surface area contributed by atoms with Crippen molar-refractivity contribution in [2.75, 3.05) is 6.61 Å². The summed E-state index contributed by atoms with van der Waals surface area (Å²) < 4.78 is 7.93. The van der Waals surface area contributed by atoms with E-state index in [1.165, 1.54) is 23.7 Å². The molecule has 4 heteroatoms. The molecule has 0 radical (unpaired) electrons. The third-order valence-corrected chi connectivity index (χ3v) is 4.01. The van der Waals surface area contributed by atoms with E-state index >= 15 is 0 Å². The average molecular weight is 274 g/mol. The molecule has 3 rings (SSSR count). The molecular formula is C15H18N2OS. The molecular weight excluding hydrogens is 256 g/mol. The average Bonchev–Trinajstić information content (AvgIpc) is 3.05. The molecule has 1 saturated heterocycles. The summed E-state index contributed by atoms with van der Waals surface area (Å²) in [6.45, 7) is 1.90. The molecule has 1 fully saturated rings. The van der Waals surface area contributed by atoms with Crippen LogP contribution in [0.1, 0.15) is 24.8 Å². The molecule has 1 aromatic carbocycles. The standard InChI is InChI=1S/C15H18N2OS/c16-15(19)12-4-3-11-5-7-17(14(11)10-12)8-6-13-2-1-9-18-13/h3-5,7,10,13H,1-2,6,8-9H2,(H2,16,19). The number of nitrogens with zero attached hydrogens (tertiary/aromatic N) is 1. The van der Waals surface area contributed by atoms with Crippen molar-refractivity contribution in [3.63, 3.8) is 0 Å². The first-order valence-corrected chi connectivity index (χ1v) is 7.15. The fourth-order valence-electron chi connectivity index (χ4n) is 2.69. The third-order valence-electron chi connectivity index (χ3n) is 3.77. The second-order valence-electron chi connectivity index (χ2n) is 5.07. The number of fused-ring (bicyclic) bond motifs is 1. The molecule has 1 aliphatic rings. The van der Waals surface area contributed by atoms with E-state index in [0.717, 1.165) is 25.1 Å². The van der Waals surface area contributed by atoms with E-state index in [2.05, 4.69) is 29.0 Å². The highest BCUT2D eigenvalue weighted by Crippen LogP contribution is 2.21. The highest BCUT2D eigenvalue weighted by atomic mass is 32.1. The summed E-state index contributed by atoms with van der Waals surface area (Å²) in [6, 6.07) is 8.27. The Morgan fingerprint density at radius 1 is 1.42 bits per heavy atom. The molecule has 0 amide bonds. The maximum absolute atomic E-state index is 5.70. The zero-order chi connectivity index (χ0) is 13.2. The predicted octanol–water partition coefficient (Wildman–Crippen LogP) is 2.84. The lowest BCUT2D eigenvalue weighted by atomic mass is 10.1. The summed E-state index contributed by atoms with van der Waals surface area (Å²) in [5, 5.41) is 1.23. The van der Waals surface area contributed by atoms with Crippen molar-refractivity contribution < 1.29 is 4.74 Å². The molecule has 2 N–H and O–H groups in total. The molecule has 1 aromatic heterocycles. The van der Waals surface area contributed by atoms with Gasteiger partial charge < -0.3 is 15.0 Å². The van der Waals surface area contributed by atoms with Gasteiger partial charge in [0, 0.05) is 30.4 Å². The van der Waals surface area contributed by atoms with Gasteiger partial charge in [-0.3, -0.25) is 0 Å². The Morgan fingerprint density at radius 2 is 2.32 bits per heavy atom. The smallest absolute Gasteiger partial charge is 0.104 e. The van der Waals surface area contributed by atoms with Gasteiger partial charge in [-0.25, -0.2) is 0 Å². The van der Waals surface area contributed by atoms with E-state index in [0.29, 0.717) is 11.1 Å². The first kappa shape index (κ1) is 12.6. The van der Waals surface area contributed by atoms with Gasteiger partial charge in [-0.05, 0) is 36.8 Å². The molecule has 1 unspecified atom stereocenters. The molecule has 1 aliphatic heterocycles. The van der Waals surface area contributed by atoms with Gasteiger partial charge in [-0.2, -0.15) is 0 Å². The minimum absolute atomic E-state index is 0.427. The summed E-state index contributed by atoms with van der Waals surface area (Å²) in [5.74, 6) is 0. The Balaban J connectivity index is 1.81. The lowest BCUT2D eigenvalue weighted by Crippen LogP contribution is -2.11. The van der Waals surface area contributed by atoms with Crippen LogP contribution in [0, 0.1) is 0 Å². The molecule has 100 valence electrons. The Hall–Kier alpha value is -1.39. The van der Waals surface area contributed by atoms with Crippen LogP contribution in [-0.4, -0.2) is 22.3 Å². The number of aromatic nitrogens is 1. The number of benzene rings is 1. The van der Waals surface area contributed by atoms with Crippen LogP contribution in [0.2, 0.25) is 0 Å². The quantitative estimate of drug-likeness (QED) is 0.872. The first-order chi connectivity index (χ1) is 9.24. The molecule has 19 heavy (non-hydrogen) atoms. The summed E-state index contributed by atoms with van der Waals surface area (Å²) in [5.41, 5.74) is 7.83. The second-order valence-corrected chi connectivity index (χ2v) is 5.51. The minimum atomic E-state index is 0.427. The van der Waals surface area contributed by atoms with Crippen LogP contribution in [0.3, 0.4) is 0 Å². The number of ether oxygens (including phenoxy) is 1. The minimum Gasteiger partial charge on any atom is -0.389 e. The van der Waals surface area contributed by atoms with E-state index < -0.39 is 0 Å². The maximum atomic E-state index is 5.70. The van der Waals surface area contributed by atoms with Crippen LogP contribution < -0.4 is 5.73 Å². The van der Waals surface area contributed by atoms with Crippen molar-refractivity contribution in [1.29, 1.82) is 0 Å². The van der Waals surface area contributed by atoms with Crippen LogP contribution >= 0.6 is 12.2 Å². The fraction of sp³-hybridized carbons (Fsp3) is 0.400. The van der Waals surface area contributed by atoms with Gasteiger partial charge in [-0.15, -0.1) is 0 Å². The first-order valence-electron chi connectivity index (χ1n) is 6.74. The number of nitrogens with two attached hydrogens (primary N) is 1. The molecule has 2 aromatic rings. The summed E-state index contributed by atoms with van der Waals surface area (Å²) in [7, 11) is 0. The molecule has 0 aliphatic carbocycles. The maximum Gasteiger partial charge on any atom is 0.104 e. The molecule has 0 saturated carbocycles. The van der Waals surface area contributed by atoms with Gasteiger partial charge in [0.1, 0.15) is 4.99 Å². The van der Waals surface area contributed by atoms with Crippen molar-refractivity contribution in [2.24, 2.45) is 5.73 Å². The van der Waals surface area contributed by atoms with E-state index in [4.69, 9.17) is 22.7 Å². The molecule has 0 bridgehead atoms. The summed E-state index contributed by atoms with van der Waals surface area (Å²) in [4.78, 5) is 0.453. The fourth-order valence-corrected chi connectivity index (χ4v) is 2.81. The Morgan fingerprint density at radius 3 is 3.05 bits per heavy atom. The largest absolute Gasteiger partial charge is 0.389 e. The third kappa shape index (κ3) is 2.65. The van der Waals surface area contributed by atoms with Gasteiger partial charge >= 0.3 is 0 Å². The normalized spacial score (nSPS) is 19.1. The number of rotatable bonds is 4. The monoisotopic (exact) mass is 274 g/mol. The van der Waals surface area contributed by atoms with E-state index in [9.17, 15) is 0 Å². The van der Waals surface area contributed by atoms with Gasteiger partial charge in [0.15, 0.2) is 0 Å². The van der Waals surface area contributed by atoms with E-state index in [1.54, 1.807) is 0 Å². The molecule has 1 atom stereocenters. The van der Waals surface area contributed by atoms with Crippen LogP contribution in [0.4, 0.5) is 0 Å².